The molecule has 1 amide bonds. The Hall–Kier alpha value is -2.38. The Bertz CT molecular complexity index is 836. The Labute approximate surface area is 146 Å². The largest absolute Gasteiger partial charge is 0.291 e. The molecular formula is C16H12ClFN4OS. The van der Waals surface area contributed by atoms with Gasteiger partial charge in [-0.1, -0.05) is 35.5 Å². The zero-order chi connectivity index (χ0) is 16.9. The molecule has 2 aromatic carbocycles. The molecule has 0 fully saturated rings. The molecule has 0 saturated carbocycles. The quantitative estimate of drug-likeness (QED) is 0.669. The third-order valence-electron chi connectivity index (χ3n) is 3.08. The summed E-state index contributed by atoms with van der Waals surface area (Å²) in [5.74, 6) is 0.135. The second-order valence-electron chi connectivity index (χ2n) is 4.84. The molecule has 3 rings (SSSR count). The molecule has 0 spiro atoms. The summed E-state index contributed by atoms with van der Waals surface area (Å²) >= 11 is 7.27. The highest BCUT2D eigenvalue weighted by Crippen LogP contribution is 2.21. The van der Waals surface area contributed by atoms with Crippen LogP contribution in [0.15, 0.2) is 53.7 Å². The summed E-state index contributed by atoms with van der Waals surface area (Å²) in [6, 6.07) is 12.8. The van der Waals surface area contributed by atoms with E-state index in [4.69, 9.17) is 11.6 Å². The first-order chi connectivity index (χ1) is 11.6. The van der Waals surface area contributed by atoms with Gasteiger partial charge in [-0.15, -0.1) is 5.10 Å². The topological polar surface area (TPSA) is 70.7 Å². The number of hydrogen-bond donors (Lipinski definition) is 2. The number of carbonyl (C=O) groups is 1. The molecule has 0 bridgehead atoms. The van der Waals surface area contributed by atoms with Gasteiger partial charge in [0.1, 0.15) is 5.82 Å². The Kier molecular flexibility index (Phi) is 5.12. The number of anilines is 1. The van der Waals surface area contributed by atoms with Crippen LogP contribution in [0.5, 0.6) is 0 Å². The van der Waals surface area contributed by atoms with E-state index in [9.17, 15) is 9.18 Å². The first kappa shape index (κ1) is 16.5. The first-order valence-corrected chi connectivity index (χ1v) is 8.33. The van der Waals surface area contributed by atoms with Crippen LogP contribution in [0, 0.1) is 5.82 Å². The normalized spacial score (nSPS) is 10.6. The number of benzene rings is 2. The maximum atomic E-state index is 12.9. The number of hydrogen-bond acceptors (Lipinski definition) is 4. The monoisotopic (exact) mass is 362 g/mol. The van der Waals surface area contributed by atoms with Crippen molar-refractivity contribution in [3.05, 3.63) is 70.5 Å². The lowest BCUT2D eigenvalue weighted by Crippen LogP contribution is -2.12. The van der Waals surface area contributed by atoms with E-state index in [1.165, 1.54) is 36.0 Å². The standard InChI is InChI=1S/C16H12ClFN4OS/c17-12-5-1-10(2-6-12)9-24-16-20-15(21-22-16)19-14(23)11-3-7-13(18)8-4-11/h1-8H,9H2,(H2,19,20,21,22,23). The number of halogens is 2. The van der Waals surface area contributed by atoms with Crippen molar-refractivity contribution in [2.45, 2.75) is 10.9 Å². The van der Waals surface area contributed by atoms with Crippen molar-refractivity contribution in [3.8, 4) is 0 Å². The van der Waals surface area contributed by atoms with Gasteiger partial charge in [0, 0.05) is 16.3 Å². The predicted octanol–water partition coefficient (Wildman–Crippen LogP) is 4.14. The van der Waals surface area contributed by atoms with Crippen molar-refractivity contribution in [1.82, 2.24) is 15.2 Å². The minimum Gasteiger partial charge on any atom is -0.291 e. The molecule has 122 valence electrons. The minimum atomic E-state index is -0.396. The zero-order valence-corrected chi connectivity index (χ0v) is 13.9. The van der Waals surface area contributed by atoms with Gasteiger partial charge in [0.25, 0.3) is 5.91 Å². The van der Waals surface area contributed by atoms with E-state index in [1.807, 2.05) is 24.3 Å². The van der Waals surface area contributed by atoms with Gasteiger partial charge in [0.2, 0.25) is 11.1 Å². The van der Waals surface area contributed by atoms with Crippen LogP contribution < -0.4 is 5.32 Å². The summed E-state index contributed by atoms with van der Waals surface area (Å²) in [6.07, 6.45) is 0. The molecule has 1 aromatic heterocycles. The summed E-state index contributed by atoms with van der Waals surface area (Å²) in [4.78, 5) is 16.2. The van der Waals surface area contributed by atoms with Gasteiger partial charge in [-0.2, -0.15) is 4.98 Å². The van der Waals surface area contributed by atoms with Crippen molar-refractivity contribution in [3.63, 3.8) is 0 Å². The third kappa shape index (κ3) is 4.33. The van der Waals surface area contributed by atoms with Crippen LogP contribution in [0.4, 0.5) is 10.3 Å². The summed E-state index contributed by atoms with van der Waals surface area (Å²) in [5.41, 5.74) is 1.43. The maximum Gasteiger partial charge on any atom is 0.258 e. The fourth-order valence-electron chi connectivity index (χ4n) is 1.88. The van der Waals surface area contributed by atoms with Gasteiger partial charge < -0.3 is 0 Å². The smallest absolute Gasteiger partial charge is 0.258 e. The number of aromatic amines is 1. The highest BCUT2D eigenvalue weighted by atomic mass is 35.5. The van der Waals surface area contributed by atoms with Gasteiger partial charge in [0.05, 0.1) is 0 Å². The van der Waals surface area contributed by atoms with Crippen molar-refractivity contribution in [2.75, 3.05) is 5.32 Å². The van der Waals surface area contributed by atoms with E-state index in [2.05, 4.69) is 20.5 Å². The lowest BCUT2D eigenvalue weighted by molar-refractivity contribution is 0.102. The minimum absolute atomic E-state index is 0.239. The number of H-pyrrole nitrogens is 1. The van der Waals surface area contributed by atoms with E-state index in [-0.39, 0.29) is 11.9 Å². The number of thioether (sulfide) groups is 1. The molecule has 0 unspecified atom stereocenters. The summed E-state index contributed by atoms with van der Waals surface area (Å²) in [6.45, 7) is 0. The molecule has 0 aliphatic carbocycles. The fraction of sp³-hybridized carbons (Fsp3) is 0.0625. The van der Waals surface area contributed by atoms with Crippen molar-refractivity contribution in [1.29, 1.82) is 0 Å². The molecule has 0 atom stereocenters. The summed E-state index contributed by atoms with van der Waals surface area (Å²) in [7, 11) is 0. The molecule has 0 aliphatic heterocycles. The molecule has 2 N–H and O–H groups in total. The molecule has 0 radical (unpaired) electrons. The van der Waals surface area contributed by atoms with E-state index in [0.29, 0.717) is 21.5 Å². The lowest BCUT2D eigenvalue weighted by Gasteiger charge is -2.01. The highest BCUT2D eigenvalue weighted by molar-refractivity contribution is 7.98. The van der Waals surface area contributed by atoms with Crippen LogP contribution in [0.2, 0.25) is 5.02 Å². The summed E-state index contributed by atoms with van der Waals surface area (Å²) < 4.78 is 12.9. The second kappa shape index (κ2) is 7.46. The van der Waals surface area contributed by atoms with E-state index in [0.717, 1.165) is 5.56 Å². The van der Waals surface area contributed by atoms with Crippen molar-refractivity contribution in [2.24, 2.45) is 0 Å². The van der Waals surface area contributed by atoms with Crippen molar-refractivity contribution < 1.29 is 9.18 Å². The predicted molar refractivity (Wildman–Crippen MR) is 91.7 cm³/mol. The number of rotatable bonds is 5. The number of nitrogens with zero attached hydrogens (tertiary/aromatic N) is 2. The van der Waals surface area contributed by atoms with Crippen LogP contribution in [-0.4, -0.2) is 21.1 Å². The van der Waals surface area contributed by atoms with Crippen LogP contribution in [-0.2, 0) is 5.75 Å². The van der Waals surface area contributed by atoms with Crippen molar-refractivity contribution >= 4 is 35.2 Å². The maximum absolute atomic E-state index is 12.9. The van der Waals surface area contributed by atoms with Crippen LogP contribution in [0.3, 0.4) is 0 Å². The molecule has 3 aromatic rings. The van der Waals surface area contributed by atoms with E-state index < -0.39 is 5.82 Å². The average molecular weight is 363 g/mol. The molecule has 0 saturated heterocycles. The lowest BCUT2D eigenvalue weighted by atomic mass is 10.2. The van der Waals surface area contributed by atoms with Gasteiger partial charge in [0.15, 0.2) is 0 Å². The van der Waals surface area contributed by atoms with Gasteiger partial charge >= 0.3 is 0 Å². The molecule has 5 nitrogen and oxygen atoms in total. The Morgan fingerprint density at radius 3 is 2.58 bits per heavy atom. The highest BCUT2D eigenvalue weighted by Gasteiger charge is 2.10. The Balaban J connectivity index is 1.58. The molecule has 24 heavy (non-hydrogen) atoms. The molecule has 1 heterocycles. The Morgan fingerprint density at radius 2 is 1.88 bits per heavy atom. The molecule has 8 heteroatoms. The van der Waals surface area contributed by atoms with Gasteiger partial charge in [-0.05, 0) is 42.0 Å². The van der Waals surface area contributed by atoms with Crippen LogP contribution in [0.25, 0.3) is 0 Å². The van der Waals surface area contributed by atoms with Crippen LogP contribution >= 0.6 is 23.4 Å². The van der Waals surface area contributed by atoms with E-state index in [1.54, 1.807) is 0 Å². The third-order valence-corrected chi connectivity index (χ3v) is 4.25. The number of nitrogens with one attached hydrogen (secondary N) is 2. The number of amides is 1. The van der Waals surface area contributed by atoms with E-state index >= 15 is 0 Å². The Morgan fingerprint density at radius 1 is 1.17 bits per heavy atom. The number of aromatic nitrogens is 3. The average Bonchev–Trinajstić information content (AvgIpc) is 3.02. The second-order valence-corrected chi connectivity index (χ2v) is 6.22. The fourth-order valence-corrected chi connectivity index (χ4v) is 2.76. The van der Waals surface area contributed by atoms with Crippen LogP contribution in [0.1, 0.15) is 15.9 Å². The number of carbonyl (C=O) groups excluding carboxylic acids is 1. The first-order valence-electron chi connectivity index (χ1n) is 6.97. The molecular weight excluding hydrogens is 351 g/mol. The molecule has 0 aliphatic rings. The SMILES string of the molecule is O=C(Nc1nc(SCc2ccc(Cl)cc2)n[nH]1)c1ccc(F)cc1. The van der Waals surface area contributed by atoms with Gasteiger partial charge in [-0.3, -0.25) is 10.1 Å². The van der Waals surface area contributed by atoms with Gasteiger partial charge in [-0.25, -0.2) is 9.49 Å². The zero-order valence-electron chi connectivity index (χ0n) is 12.3. The summed E-state index contributed by atoms with van der Waals surface area (Å²) in [5, 5.41) is 10.5.